The van der Waals surface area contributed by atoms with Gasteiger partial charge >= 0.3 is 0 Å². The smallest absolute Gasteiger partial charge is 0.145 e. The Hall–Kier alpha value is -1.54. The van der Waals surface area contributed by atoms with Crippen LogP contribution in [0, 0.1) is 0 Å². The number of benzene rings is 1. The number of hydrogen-bond donors (Lipinski definition) is 0. The first kappa shape index (κ1) is 12.9. The molecule has 94 valence electrons. The van der Waals surface area contributed by atoms with Gasteiger partial charge in [-0.2, -0.15) is 0 Å². The highest BCUT2D eigenvalue weighted by atomic mass is 35.5. The van der Waals surface area contributed by atoms with Crippen LogP contribution in [0.25, 0.3) is 0 Å². The molecule has 1 heterocycles. The highest BCUT2D eigenvalue weighted by Gasteiger charge is 2.13. The standard InChI is InChI=1S/C15H16ClNO/c1-15(2,3)11-4-6-12(7-5-11)18-13-8-9-14(16)17-10-13/h4-10H,1-3H3. The molecule has 2 aromatic rings. The van der Waals surface area contributed by atoms with Crippen LogP contribution in [0.4, 0.5) is 0 Å². The van der Waals surface area contributed by atoms with Crippen LogP contribution < -0.4 is 4.74 Å². The normalized spacial score (nSPS) is 11.3. The molecule has 3 heteroatoms. The first-order chi connectivity index (χ1) is 8.45. The van der Waals surface area contributed by atoms with Crippen LogP contribution in [-0.2, 0) is 5.41 Å². The summed E-state index contributed by atoms with van der Waals surface area (Å²) in [7, 11) is 0. The van der Waals surface area contributed by atoms with Crippen molar-refractivity contribution in [3.63, 3.8) is 0 Å². The molecular formula is C15H16ClNO. The number of aromatic nitrogens is 1. The van der Waals surface area contributed by atoms with Gasteiger partial charge in [-0.05, 0) is 35.2 Å². The second-order valence-electron chi connectivity index (χ2n) is 5.19. The molecule has 1 aromatic heterocycles. The van der Waals surface area contributed by atoms with Crippen molar-refractivity contribution in [1.82, 2.24) is 4.98 Å². The van der Waals surface area contributed by atoms with Crippen LogP contribution in [-0.4, -0.2) is 4.98 Å². The number of halogens is 1. The van der Waals surface area contributed by atoms with Crippen molar-refractivity contribution < 1.29 is 4.74 Å². The molecule has 0 aliphatic carbocycles. The zero-order valence-electron chi connectivity index (χ0n) is 10.8. The third kappa shape index (κ3) is 3.23. The number of ether oxygens (including phenoxy) is 1. The Morgan fingerprint density at radius 1 is 0.944 bits per heavy atom. The monoisotopic (exact) mass is 261 g/mol. The molecule has 1 aromatic carbocycles. The quantitative estimate of drug-likeness (QED) is 0.723. The van der Waals surface area contributed by atoms with Crippen molar-refractivity contribution in [2.45, 2.75) is 26.2 Å². The molecule has 2 rings (SSSR count). The lowest BCUT2D eigenvalue weighted by atomic mass is 9.87. The van der Waals surface area contributed by atoms with E-state index in [0.29, 0.717) is 10.9 Å². The lowest BCUT2D eigenvalue weighted by molar-refractivity contribution is 0.479. The van der Waals surface area contributed by atoms with E-state index in [1.165, 1.54) is 5.56 Å². The van der Waals surface area contributed by atoms with Gasteiger partial charge < -0.3 is 4.74 Å². The van der Waals surface area contributed by atoms with Crippen molar-refractivity contribution in [3.8, 4) is 11.5 Å². The van der Waals surface area contributed by atoms with E-state index in [9.17, 15) is 0 Å². The Labute approximate surface area is 113 Å². The average Bonchev–Trinajstić information content (AvgIpc) is 2.32. The zero-order chi connectivity index (χ0) is 13.2. The maximum absolute atomic E-state index is 5.72. The van der Waals surface area contributed by atoms with Gasteiger partial charge in [0.2, 0.25) is 0 Å². The Balaban J connectivity index is 2.13. The average molecular weight is 262 g/mol. The highest BCUT2D eigenvalue weighted by molar-refractivity contribution is 6.29. The summed E-state index contributed by atoms with van der Waals surface area (Å²) >= 11 is 5.72. The molecule has 0 saturated carbocycles. The van der Waals surface area contributed by atoms with E-state index in [-0.39, 0.29) is 5.41 Å². The second kappa shape index (κ2) is 4.99. The molecule has 0 aliphatic rings. The van der Waals surface area contributed by atoms with Crippen molar-refractivity contribution in [2.24, 2.45) is 0 Å². The van der Waals surface area contributed by atoms with E-state index < -0.39 is 0 Å². The summed E-state index contributed by atoms with van der Waals surface area (Å²) in [5.41, 5.74) is 1.43. The van der Waals surface area contributed by atoms with Gasteiger partial charge in [0.05, 0.1) is 6.20 Å². The zero-order valence-corrected chi connectivity index (χ0v) is 11.5. The van der Waals surface area contributed by atoms with Crippen molar-refractivity contribution in [3.05, 3.63) is 53.3 Å². The molecule has 0 spiro atoms. The van der Waals surface area contributed by atoms with Crippen LogP contribution in [0.1, 0.15) is 26.3 Å². The summed E-state index contributed by atoms with van der Waals surface area (Å²) in [4.78, 5) is 3.97. The fourth-order valence-corrected chi connectivity index (χ4v) is 1.69. The fraction of sp³-hybridized carbons (Fsp3) is 0.267. The molecule has 0 fully saturated rings. The van der Waals surface area contributed by atoms with E-state index in [0.717, 1.165) is 5.75 Å². The predicted octanol–water partition coefficient (Wildman–Crippen LogP) is 4.82. The summed E-state index contributed by atoms with van der Waals surface area (Å²) in [6, 6.07) is 11.6. The van der Waals surface area contributed by atoms with Crippen LogP contribution in [0.15, 0.2) is 42.6 Å². The van der Waals surface area contributed by atoms with Crippen molar-refractivity contribution >= 4 is 11.6 Å². The minimum absolute atomic E-state index is 0.153. The molecule has 2 nitrogen and oxygen atoms in total. The van der Waals surface area contributed by atoms with Gasteiger partial charge in [0, 0.05) is 0 Å². The Kier molecular flexibility index (Phi) is 3.58. The first-order valence-corrected chi connectivity index (χ1v) is 6.23. The summed E-state index contributed by atoms with van der Waals surface area (Å²) in [5, 5.41) is 0.463. The van der Waals surface area contributed by atoms with Crippen LogP contribution in [0.3, 0.4) is 0 Å². The van der Waals surface area contributed by atoms with E-state index >= 15 is 0 Å². The van der Waals surface area contributed by atoms with Crippen molar-refractivity contribution in [1.29, 1.82) is 0 Å². The predicted molar refractivity (Wildman–Crippen MR) is 74.5 cm³/mol. The molecule has 0 saturated heterocycles. The van der Waals surface area contributed by atoms with Gasteiger partial charge in [-0.3, -0.25) is 0 Å². The molecule has 0 bridgehead atoms. The molecule has 0 amide bonds. The third-order valence-corrected chi connectivity index (χ3v) is 2.88. The maximum Gasteiger partial charge on any atom is 0.145 e. The van der Waals surface area contributed by atoms with Gasteiger partial charge in [0.1, 0.15) is 16.7 Å². The summed E-state index contributed by atoms with van der Waals surface area (Å²) in [6.45, 7) is 6.56. The molecule has 0 radical (unpaired) electrons. The van der Waals surface area contributed by atoms with E-state index in [4.69, 9.17) is 16.3 Å². The van der Waals surface area contributed by atoms with Gasteiger partial charge in [0.25, 0.3) is 0 Å². The SMILES string of the molecule is CC(C)(C)c1ccc(Oc2ccc(Cl)nc2)cc1. The molecule has 0 unspecified atom stereocenters. The minimum Gasteiger partial charge on any atom is -0.456 e. The lowest BCUT2D eigenvalue weighted by Crippen LogP contribution is -2.10. The van der Waals surface area contributed by atoms with E-state index in [1.807, 2.05) is 12.1 Å². The molecule has 18 heavy (non-hydrogen) atoms. The topological polar surface area (TPSA) is 22.1 Å². The number of pyridine rings is 1. The number of nitrogens with zero attached hydrogens (tertiary/aromatic N) is 1. The Morgan fingerprint density at radius 3 is 2.06 bits per heavy atom. The highest BCUT2D eigenvalue weighted by Crippen LogP contribution is 2.26. The lowest BCUT2D eigenvalue weighted by Gasteiger charge is -2.19. The summed E-state index contributed by atoms with van der Waals surface area (Å²) in [6.07, 6.45) is 1.61. The van der Waals surface area contributed by atoms with Gasteiger partial charge in [-0.25, -0.2) is 4.98 Å². The number of rotatable bonds is 2. The third-order valence-electron chi connectivity index (χ3n) is 2.66. The van der Waals surface area contributed by atoms with Crippen LogP contribution in [0.5, 0.6) is 11.5 Å². The maximum atomic E-state index is 5.72. The largest absolute Gasteiger partial charge is 0.456 e. The minimum atomic E-state index is 0.153. The molecule has 0 atom stereocenters. The fourth-order valence-electron chi connectivity index (χ4n) is 1.58. The summed E-state index contributed by atoms with van der Waals surface area (Å²) < 4.78 is 5.68. The van der Waals surface area contributed by atoms with Gasteiger partial charge in [-0.1, -0.05) is 44.5 Å². The number of hydrogen-bond acceptors (Lipinski definition) is 2. The second-order valence-corrected chi connectivity index (χ2v) is 5.58. The Morgan fingerprint density at radius 2 is 1.56 bits per heavy atom. The molecule has 0 aliphatic heterocycles. The van der Waals surface area contributed by atoms with Crippen LogP contribution in [0.2, 0.25) is 5.15 Å². The molecular weight excluding hydrogens is 246 g/mol. The summed E-state index contributed by atoms with van der Waals surface area (Å²) in [5.74, 6) is 1.48. The Bertz CT molecular complexity index is 512. The van der Waals surface area contributed by atoms with E-state index in [2.05, 4.69) is 37.9 Å². The van der Waals surface area contributed by atoms with Gasteiger partial charge in [-0.15, -0.1) is 0 Å². The van der Waals surface area contributed by atoms with E-state index in [1.54, 1.807) is 18.3 Å². The van der Waals surface area contributed by atoms with Gasteiger partial charge in [0.15, 0.2) is 0 Å². The van der Waals surface area contributed by atoms with Crippen LogP contribution >= 0.6 is 11.6 Å². The van der Waals surface area contributed by atoms with Crippen molar-refractivity contribution in [2.75, 3.05) is 0 Å². The first-order valence-electron chi connectivity index (χ1n) is 5.85. The molecule has 0 N–H and O–H groups in total.